The Kier molecular flexibility index (Phi) is 4.32. The number of benzene rings is 2. The van der Waals surface area contributed by atoms with Crippen molar-refractivity contribution in [1.82, 2.24) is 19.8 Å². The van der Waals surface area contributed by atoms with Crippen LogP contribution in [0, 0.1) is 0 Å². The standard InChI is InChI=1S/C18H15N5O2S/c1-2-25-14-11-7-6-10-13(14)16(24)19-17-22-23-15(20-21-18(23)26-17)12-8-4-3-5-9-12/h3-11H,2H2,1H3,(H,19,22,24). The summed E-state index contributed by atoms with van der Waals surface area (Å²) in [6.07, 6.45) is 0. The third kappa shape index (κ3) is 3.02. The molecule has 0 aliphatic carbocycles. The Bertz CT molecular complexity index is 1060. The van der Waals surface area contributed by atoms with E-state index in [2.05, 4.69) is 20.6 Å². The van der Waals surface area contributed by atoms with Crippen molar-refractivity contribution >= 4 is 27.3 Å². The zero-order chi connectivity index (χ0) is 17.9. The maximum atomic E-state index is 12.6. The van der Waals surface area contributed by atoms with Crippen LogP contribution in [-0.2, 0) is 0 Å². The van der Waals surface area contributed by atoms with Gasteiger partial charge in [-0.25, -0.2) is 0 Å². The minimum atomic E-state index is -0.278. The highest BCUT2D eigenvalue weighted by Gasteiger charge is 2.17. The van der Waals surface area contributed by atoms with Crippen LogP contribution in [-0.4, -0.2) is 32.3 Å². The van der Waals surface area contributed by atoms with Gasteiger partial charge in [-0.1, -0.05) is 53.8 Å². The minimum absolute atomic E-state index is 0.278. The summed E-state index contributed by atoms with van der Waals surface area (Å²) in [6, 6.07) is 16.8. The van der Waals surface area contributed by atoms with Crippen LogP contribution in [0.1, 0.15) is 17.3 Å². The molecule has 26 heavy (non-hydrogen) atoms. The summed E-state index contributed by atoms with van der Waals surface area (Å²) in [5.74, 6) is 0.896. The molecule has 130 valence electrons. The molecular weight excluding hydrogens is 350 g/mol. The summed E-state index contributed by atoms with van der Waals surface area (Å²) >= 11 is 1.26. The number of fused-ring (bicyclic) bond motifs is 1. The maximum Gasteiger partial charge on any atom is 0.261 e. The van der Waals surface area contributed by atoms with E-state index in [1.165, 1.54) is 11.3 Å². The smallest absolute Gasteiger partial charge is 0.261 e. The first-order valence-corrected chi connectivity index (χ1v) is 8.88. The van der Waals surface area contributed by atoms with Gasteiger partial charge in [-0.05, 0) is 19.1 Å². The molecule has 4 rings (SSSR count). The Hall–Kier alpha value is -3.26. The van der Waals surface area contributed by atoms with Crippen LogP contribution in [0.5, 0.6) is 5.75 Å². The van der Waals surface area contributed by atoms with Gasteiger partial charge in [-0.2, -0.15) is 4.52 Å². The molecule has 0 aliphatic heterocycles. The van der Waals surface area contributed by atoms with Gasteiger partial charge in [-0.3, -0.25) is 10.1 Å². The monoisotopic (exact) mass is 365 g/mol. The number of nitrogens with one attached hydrogen (secondary N) is 1. The van der Waals surface area contributed by atoms with E-state index in [-0.39, 0.29) is 5.91 Å². The molecule has 0 unspecified atom stereocenters. The van der Waals surface area contributed by atoms with E-state index >= 15 is 0 Å². The highest BCUT2D eigenvalue weighted by atomic mass is 32.1. The molecule has 8 heteroatoms. The summed E-state index contributed by atoms with van der Waals surface area (Å²) < 4.78 is 7.14. The highest BCUT2D eigenvalue weighted by molar-refractivity contribution is 7.20. The van der Waals surface area contributed by atoms with Crippen molar-refractivity contribution in [3.05, 3.63) is 60.2 Å². The Balaban J connectivity index is 1.62. The first-order valence-electron chi connectivity index (χ1n) is 8.07. The van der Waals surface area contributed by atoms with Crippen molar-refractivity contribution in [1.29, 1.82) is 0 Å². The third-order valence-electron chi connectivity index (χ3n) is 3.67. The molecule has 0 atom stereocenters. The molecule has 1 N–H and O–H groups in total. The highest BCUT2D eigenvalue weighted by Crippen LogP contribution is 2.25. The van der Waals surface area contributed by atoms with E-state index in [0.29, 0.717) is 33.8 Å². The number of hydrogen-bond donors (Lipinski definition) is 1. The molecule has 2 heterocycles. The van der Waals surface area contributed by atoms with Crippen LogP contribution in [0.3, 0.4) is 0 Å². The molecule has 2 aromatic carbocycles. The number of carbonyl (C=O) groups is 1. The molecule has 0 aliphatic rings. The maximum absolute atomic E-state index is 12.6. The number of aromatic nitrogens is 4. The van der Waals surface area contributed by atoms with Crippen molar-refractivity contribution in [2.45, 2.75) is 6.92 Å². The van der Waals surface area contributed by atoms with Crippen LogP contribution in [0.2, 0.25) is 0 Å². The van der Waals surface area contributed by atoms with Gasteiger partial charge in [0.05, 0.1) is 12.2 Å². The molecule has 0 saturated heterocycles. The van der Waals surface area contributed by atoms with Crippen LogP contribution < -0.4 is 10.1 Å². The number of ether oxygens (including phenoxy) is 1. The number of carbonyl (C=O) groups excluding carboxylic acids is 1. The molecule has 1 amide bonds. The van der Waals surface area contributed by atoms with E-state index in [1.54, 1.807) is 22.7 Å². The van der Waals surface area contributed by atoms with Crippen LogP contribution in [0.25, 0.3) is 16.3 Å². The van der Waals surface area contributed by atoms with E-state index in [4.69, 9.17) is 4.74 Å². The van der Waals surface area contributed by atoms with Gasteiger partial charge in [0, 0.05) is 5.56 Å². The van der Waals surface area contributed by atoms with Gasteiger partial charge in [0.15, 0.2) is 5.82 Å². The minimum Gasteiger partial charge on any atom is -0.493 e. The number of nitrogens with zero attached hydrogens (tertiary/aromatic N) is 4. The fourth-order valence-electron chi connectivity index (χ4n) is 2.53. The second kappa shape index (κ2) is 6.93. The van der Waals surface area contributed by atoms with Gasteiger partial charge >= 0.3 is 0 Å². The molecule has 0 bridgehead atoms. The topological polar surface area (TPSA) is 81.4 Å². The molecule has 7 nitrogen and oxygen atoms in total. The fourth-order valence-corrected chi connectivity index (χ4v) is 3.27. The predicted octanol–water partition coefficient (Wildman–Crippen LogP) is 3.50. The van der Waals surface area contributed by atoms with Crippen molar-refractivity contribution in [3.8, 4) is 17.1 Å². The largest absolute Gasteiger partial charge is 0.493 e. The predicted molar refractivity (Wildman–Crippen MR) is 99.7 cm³/mol. The Morgan fingerprint density at radius 3 is 2.69 bits per heavy atom. The van der Waals surface area contributed by atoms with Crippen molar-refractivity contribution in [2.24, 2.45) is 0 Å². The summed E-state index contributed by atoms with van der Waals surface area (Å²) in [7, 11) is 0. The average Bonchev–Trinajstić information content (AvgIpc) is 3.23. The molecule has 4 aromatic rings. The van der Waals surface area contributed by atoms with E-state index in [0.717, 1.165) is 5.56 Å². The zero-order valence-corrected chi connectivity index (χ0v) is 14.7. The lowest BCUT2D eigenvalue weighted by Crippen LogP contribution is -2.13. The van der Waals surface area contributed by atoms with Crippen molar-refractivity contribution < 1.29 is 9.53 Å². The van der Waals surface area contributed by atoms with E-state index < -0.39 is 0 Å². The molecule has 0 radical (unpaired) electrons. The number of para-hydroxylation sites is 1. The summed E-state index contributed by atoms with van der Waals surface area (Å²) in [4.78, 5) is 13.2. The van der Waals surface area contributed by atoms with Gasteiger partial charge in [0.25, 0.3) is 5.91 Å². The average molecular weight is 365 g/mol. The van der Waals surface area contributed by atoms with Crippen LogP contribution in [0.4, 0.5) is 5.13 Å². The number of amides is 1. The molecule has 0 fully saturated rings. The molecule has 2 aromatic heterocycles. The van der Waals surface area contributed by atoms with Gasteiger partial charge in [0.2, 0.25) is 10.1 Å². The Morgan fingerprint density at radius 2 is 1.88 bits per heavy atom. The summed E-state index contributed by atoms with van der Waals surface area (Å²) in [5, 5.41) is 16.0. The van der Waals surface area contributed by atoms with E-state index in [9.17, 15) is 4.79 Å². The second-order valence-electron chi connectivity index (χ2n) is 5.37. The lowest BCUT2D eigenvalue weighted by molar-refractivity contribution is 0.102. The Morgan fingerprint density at radius 1 is 1.12 bits per heavy atom. The zero-order valence-electron chi connectivity index (χ0n) is 13.9. The summed E-state index contributed by atoms with van der Waals surface area (Å²) in [5.41, 5.74) is 1.37. The number of anilines is 1. The van der Waals surface area contributed by atoms with Crippen LogP contribution in [0.15, 0.2) is 54.6 Å². The quantitative estimate of drug-likeness (QED) is 0.585. The fraction of sp³-hybridized carbons (Fsp3) is 0.111. The lowest BCUT2D eigenvalue weighted by Gasteiger charge is -2.08. The number of rotatable bonds is 5. The van der Waals surface area contributed by atoms with Crippen molar-refractivity contribution in [2.75, 3.05) is 11.9 Å². The molecule has 0 spiro atoms. The van der Waals surface area contributed by atoms with Crippen LogP contribution >= 0.6 is 11.3 Å². The van der Waals surface area contributed by atoms with Gasteiger partial charge in [0.1, 0.15) is 5.75 Å². The second-order valence-corrected chi connectivity index (χ2v) is 6.33. The van der Waals surface area contributed by atoms with Gasteiger partial charge < -0.3 is 4.74 Å². The lowest BCUT2D eigenvalue weighted by atomic mass is 10.2. The molecular formula is C18H15N5O2S. The number of hydrogen-bond acceptors (Lipinski definition) is 6. The normalized spacial score (nSPS) is 10.8. The summed E-state index contributed by atoms with van der Waals surface area (Å²) in [6.45, 7) is 2.37. The SMILES string of the molecule is CCOc1ccccc1C(=O)Nc1nn2c(-c3ccccc3)nnc2s1. The first kappa shape index (κ1) is 16.2. The van der Waals surface area contributed by atoms with Crippen molar-refractivity contribution in [3.63, 3.8) is 0 Å². The third-order valence-corrected chi connectivity index (χ3v) is 4.49. The first-order chi connectivity index (χ1) is 12.8. The van der Waals surface area contributed by atoms with Gasteiger partial charge in [-0.15, -0.1) is 15.3 Å². The Labute approximate surface area is 153 Å². The molecule has 0 saturated carbocycles. The van der Waals surface area contributed by atoms with E-state index in [1.807, 2.05) is 43.3 Å².